The van der Waals surface area contributed by atoms with Crippen molar-refractivity contribution in [3.05, 3.63) is 41.2 Å². The summed E-state index contributed by atoms with van der Waals surface area (Å²) < 4.78 is 26.4. The number of anilines is 2. The van der Waals surface area contributed by atoms with Crippen LogP contribution in [-0.4, -0.2) is 18.4 Å². The molecule has 2 aromatic rings. The lowest BCUT2D eigenvalue weighted by molar-refractivity contribution is 0.600. The number of nitrogen functional groups attached to an aromatic ring is 1. The zero-order valence-corrected chi connectivity index (χ0v) is 11.5. The Balaban J connectivity index is 2.32. The molecule has 0 saturated heterocycles. The molecule has 100 valence electrons. The molecular formula is C11H11ClN4O2S. The maximum absolute atomic E-state index is 12.1. The molecule has 0 atom stereocenters. The van der Waals surface area contributed by atoms with Crippen molar-refractivity contribution in [1.82, 2.24) is 9.97 Å². The quantitative estimate of drug-likeness (QED) is 0.900. The summed E-state index contributed by atoms with van der Waals surface area (Å²) in [6.45, 7) is 1.86. The highest BCUT2D eigenvalue weighted by Crippen LogP contribution is 2.21. The van der Waals surface area contributed by atoms with E-state index in [1.807, 2.05) is 6.92 Å². The standard InChI is InChI=1S/C11H11ClN4O2S/c1-7-2-3-10(14-5-7)16-19(17,18)8-4-9(12)11(13)15-6-8/h2-6H,1H3,(H2,13,15)(H,14,16). The van der Waals surface area contributed by atoms with Gasteiger partial charge in [0, 0.05) is 12.4 Å². The van der Waals surface area contributed by atoms with Crippen LogP contribution in [0.5, 0.6) is 0 Å². The Kier molecular flexibility index (Phi) is 3.59. The fraction of sp³-hybridized carbons (Fsp3) is 0.0909. The van der Waals surface area contributed by atoms with Gasteiger partial charge in [-0.2, -0.15) is 0 Å². The lowest BCUT2D eigenvalue weighted by Gasteiger charge is -2.08. The summed E-state index contributed by atoms with van der Waals surface area (Å²) in [5.41, 5.74) is 6.36. The van der Waals surface area contributed by atoms with Gasteiger partial charge in [-0.1, -0.05) is 17.7 Å². The van der Waals surface area contributed by atoms with Gasteiger partial charge >= 0.3 is 0 Å². The minimum absolute atomic E-state index is 0.0749. The van der Waals surface area contributed by atoms with Crippen molar-refractivity contribution in [2.24, 2.45) is 0 Å². The predicted octanol–water partition coefficient (Wildman–Crippen LogP) is 1.82. The Morgan fingerprint density at radius 2 is 2.00 bits per heavy atom. The molecule has 0 bridgehead atoms. The van der Waals surface area contributed by atoms with Crippen molar-refractivity contribution < 1.29 is 8.42 Å². The molecule has 0 amide bonds. The van der Waals surface area contributed by atoms with Gasteiger partial charge < -0.3 is 5.73 Å². The lowest BCUT2D eigenvalue weighted by atomic mass is 10.3. The Bertz CT molecular complexity index is 701. The number of sulfonamides is 1. The second kappa shape index (κ2) is 5.02. The number of hydrogen-bond donors (Lipinski definition) is 2. The van der Waals surface area contributed by atoms with E-state index in [2.05, 4.69) is 14.7 Å². The topological polar surface area (TPSA) is 98.0 Å². The highest BCUT2D eigenvalue weighted by atomic mass is 35.5. The van der Waals surface area contributed by atoms with Crippen LogP contribution in [0.1, 0.15) is 5.56 Å². The van der Waals surface area contributed by atoms with E-state index < -0.39 is 10.0 Å². The third-order valence-electron chi connectivity index (χ3n) is 2.31. The molecule has 2 aromatic heterocycles. The van der Waals surface area contributed by atoms with E-state index in [0.29, 0.717) is 0 Å². The fourth-order valence-electron chi connectivity index (χ4n) is 1.30. The number of hydrogen-bond acceptors (Lipinski definition) is 5. The summed E-state index contributed by atoms with van der Waals surface area (Å²) >= 11 is 5.75. The van der Waals surface area contributed by atoms with E-state index in [0.717, 1.165) is 11.8 Å². The number of nitrogens with one attached hydrogen (secondary N) is 1. The monoisotopic (exact) mass is 298 g/mol. The molecular weight excluding hydrogens is 288 g/mol. The molecule has 0 fully saturated rings. The van der Waals surface area contributed by atoms with Crippen LogP contribution in [0.15, 0.2) is 35.5 Å². The lowest BCUT2D eigenvalue weighted by Crippen LogP contribution is -2.14. The maximum atomic E-state index is 12.1. The van der Waals surface area contributed by atoms with Crippen LogP contribution in [0.25, 0.3) is 0 Å². The maximum Gasteiger partial charge on any atom is 0.264 e. The molecule has 0 saturated carbocycles. The van der Waals surface area contributed by atoms with Crippen molar-refractivity contribution in [3.63, 3.8) is 0 Å². The predicted molar refractivity (Wildman–Crippen MR) is 73.4 cm³/mol. The van der Waals surface area contributed by atoms with Gasteiger partial charge in [-0.3, -0.25) is 4.72 Å². The molecule has 0 aliphatic rings. The first kappa shape index (κ1) is 13.6. The molecule has 0 unspecified atom stereocenters. The highest BCUT2D eigenvalue weighted by Gasteiger charge is 2.16. The molecule has 0 aliphatic carbocycles. The summed E-state index contributed by atoms with van der Waals surface area (Å²) in [6.07, 6.45) is 2.70. The smallest absolute Gasteiger partial charge is 0.264 e. The Morgan fingerprint density at radius 1 is 1.26 bits per heavy atom. The van der Waals surface area contributed by atoms with Gasteiger partial charge in [0.05, 0.1) is 5.02 Å². The molecule has 8 heteroatoms. The number of halogens is 1. The van der Waals surface area contributed by atoms with Gasteiger partial charge in [0.25, 0.3) is 10.0 Å². The average Bonchev–Trinajstić information content (AvgIpc) is 2.35. The van der Waals surface area contributed by atoms with E-state index in [1.54, 1.807) is 18.3 Å². The number of rotatable bonds is 3. The van der Waals surface area contributed by atoms with Crippen LogP contribution in [0, 0.1) is 6.92 Å². The molecule has 2 rings (SSSR count). The van der Waals surface area contributed by atoms with E-state index >= 15 is 0 Å². The number of aromatic nitrogens is 2. The second-order valence-electron chi connectivity index (χ2n) is 3.86. The number of nitrogens with zero attached hydrogens (tertiary/aromatic N) is 2. The van der Waals surface area contributed by atoms with Gasteiger partial charge in [0.2, 0.25) is 0 Å². The number of nitrogens with two attached hydrogens (primary N) is 1. The zero-order valence-electron chi connectivity index (χ0n) is 9.96. The normalized spacial score (nSPS) is 11.3. The van der Waals surface area contributed by atoms with Crippen LogP contribution >= 0.6 is 11.6 Å². The van der Waals surface area contributed by atoms with E-state index in [9.17, 15) is 8.42 Å². The Labute approximate surface area is 115 Å². The van der Waals surface area contributed by atoms with Crippen LogP contribution in [-0.2, 0) is 10.0 Å². The molecule has 2 heterocycles. The third-order valence-corrected chi connectivity index (χ3v) is 3.93. The van der Waals surface area contributed by atoms with E-state index in [4.69, 9.17) is 17.3 Å². The Hall–Kier alpha value is -1.86. The molecule has 0 aliphatic heterocycles. The summed E-state index contributed by atoms with van der Waals surface area (Å²) in [4.78, 5) is 7.59. The first-order valence-corrected chi connectivity index (χ1v) is 7.11. The van der Waals surface area contributed by atoms with Crippen LogP contribution < -0.4 is 10.5 Å². The van der Waals surface area contributed by atoms with Gasteiger partial charge in [-0.15, -0.1) is 0 Å². The number of pyridine rings is 2. The largest absolute Gasteiger partial charge is 0.382 e. The second-order valence-corrected chi connectivity index (χ2v) is 5.95. The minimum Gasteiger partial charge on any atom is -0.382 e. The van der Waals surface area contributed by atoms with Gasteiger partial charge in [-0.25, -0.2) is 18.4 Å². The van der Waals surface area contributed by atoms with Crippen molar-refractivity contribution in [1.29, 1.82) is 0 Å². The highest BCUT2D eigenvalue weighted by molar-refractivity contribution is 7.92. The van der Waals surface area contributed by atoms with Crippen molar-refractivity contribution in [3.8, 4) is 0 Å². The van der Waals surface area contributed by atoms with E-state index in [1.165, 1.54) is 6.07 Å². The third kappa shape index (κ3) is 3.12. The summed E-state index contributed by atoms with van der Waals surface area (Å²) in [5.74, 6) is 0.299. The molecule has 3 N–H and O–H groups in total. The van der Waals surface area contributed by atoms with Crippen LogP contribution in [0.3, 0.4) is 0 Å². The average molecular weight is 299 g/mol. The molecule has 6 nitrogen and oxygen atoms in total. The first-order chi connectivity index (χ1) is 8.88. The molecule has 0 spiro atoms. The first-order valence-electron chi connectivity index (χ1n) is 5.25. The van der Waals surface area contributed by atoms with E-state index in [-0.39, 0.29) is 21.6 Å². The van der Waals surface area contributed by atoms with Crippen LogP contribution in [0.4, 0.5) is 11.6 Å². The summed E-state index contributed by atoms with van der Waals surface area (Å²) in [7, 11) is -3.78. The van der Waals surface area contributed by atoms with Crippen molar-refractivity contribution in [2.75, 3.05) is 10.5 Å². The fourth-order valence-corrected chi connectivity index (χ4v) is 2.51. The molecule has 0 radical (unpaired) electrons. The Morgan fingerprint density at radius 3 is 2.58 bits per heavy atom. The summed E-state index contributed by atoms with van der Waals surface area (Å²) in [6, 6.07) is 4.55. The molecule has 0 aromatic carbocycles. The van der Waals surface area contributed by atoms with Gasteiger partial charge in [0.1, 0.15) is 16.5 Å². The molecule has 19 heavy (non-hydrogen) atoms. The van der Waals surface area contributed by atoms with Crippen molar-refractivity contribution in [2.45, 2.75) is 11.8 Å². The minimum atomic E-state index is -3.78. The van der Waals surface area contributed by atoms with Crippen molar-refractivity contribution >= 4 is 33.3 Å². The van der Waals surface area contributed by atoms with Crippen LogP contribution in [0.2, 0.25) is 5.02 Å². The van der Waals surface area contributed by atoms with Gasteiger partial charge in [-0.05, 0) is 24.6 Å². The summed E-state index contributed by atoms with van der Waals surface area (Å²) in [5, 5.41) is 0.0831. The zero-order chi connectivity index (χ0) is 14.0. The number of aryl methyl sites for hydroxylation is 1. The van der Waals surface area contributed by atoms with Gasteiger partial charge in [0.15, 0.2) is 0 Å². The SMILES string of the molecule is Cc1ccc(NS(=O)(=O)c2cnc(N)c(Cl)c2)nc1.